The monoisotopic (exact) mass is 647 g/mol. The van der Waals surface area contributed by atoms with Crippen molar-refractivity contribution in [1.82, 2.24) is 0 Å². The van der Waals surface area contributed by atoms with Crippen molar-refractivity contribution in [3.05, 3.63) is 36.5 Å². The molecule has 1 fully saturated rings. The van der Waals surface area contributed by atoms with Gasteiger partial charge in [0.25, 0.3) is 0 Å². The van der Waals surface area contributed by atoms with Gasteiger partial charge < -0.3 is 19.3 Å². The van der Waals surface area contributed by atoms with Gasteiger partial charge in [-0.05, 0) is 57.3 Å². The molecule has 1 aliphatic heterocycles. The number of aliphatic hydroxyl groups excluding tert-OH is 1. The molecule has 0 aromatic heterocycles. The molecule has 0 saturated carbocycles. The summed E-state index contributed by atoms with van der Waals surface area (Å²) in [5, 5.41) is 9.55. The van der Waals surface area contributed by atoms with Crippen LogP contribution in [0, 0.1) is 5.92 Å². The lowest BCUT2D eigenvalue weighted by Crippen LogP contribution is -2.28. The summed E-state index contributed by atoms with van der Waals surface area (Å²) in [6.07, 6.45) is 38.0. The lowest BCUT2D eigenvalue weighted by atomic mass is 10.0. The molecule has 0 amide bonds. The Hall–Kier alpha value is -1.92. The Morgan fingerprint density at radius 3 is 1.85 bits per heavy atom. The SMILES string of the molecule is CCCCC/C=C\C/C=C\CC1OC1C/C=C\CCCC(=O)OC[C@H](CO)OC(=O)CCCCCCCCCCCCCC(C)C. The first-order chi connectivity index (χ1) is 22.5. The van der Waals surface area contributed by atoms with Crippen molar-refractivity contribution in [3.8, 4) is 0 Å². The third kappa shape index (κ3) is 27.2. The summed E-state index contributed by atoms with van der Waals surface area (Å²) < 4.78 is 16.3. The van der Waals surface area contributed by atoms with Crippen molar-refractivity contribution in [1.29, 1.82) is 0 Å². The standard InChI is InChI=1S/C40H70O6/c1-4-5-6-7-8-12-16-19-24-29-37-38(46-37)30-25-21-22-26-31-39(42)44-34-36(33-41)45-40(43)32-27-20-17-14-11-9-10-13-15-18-23-28-35(2)3/h8,12,19,21,24-25,35-38,41H,4-7,9-11,13-18,20,22-23,26-34H2,1-3H3/b12-8-,24-19-,25-21-/t36-,37?,38?/m0/s1. The predicted molar refractivity (Wildman–Crippen MR) is 191 cm³/mol. The minimum absolute atomic E-state index is 0.0985. The molecule has 0 bridgehead atoms. The van der Waals surface area contributed by atoms with E-state index in [9.17, 15) is 14.7 Å². The summed E-state index contributed by atoms with van der Waals surface area (Å²) in [6, 6.07) is 0. The molecule has 3 atom stereocenters. The van der Waals surface area contributed by atoms with Crippen LogP contribution in [0.5, 0.6) is 0 Å². The highest BCUT2D eigenvalue weighted by molar-refractivity contribution is 5.70. The number of carbonyl (C=O) groups excluding carboxylic acids is 2. The molecule has 0 radical (unpaired) electrons. The van der Waals surface area contributed by atoms with E-state index >= 15 is 0 Å². The Balaban J connectivity index is 1.94. The van der Waals surface area contributed by atoms with Crippen molar-refractivity contribution < 1.29 is 28.9 Å². The number of epoxide rings is 1. The van der Waals surface area contributed by atoms with Gasteiger partial charge in [0.1, 0.15) is 6.61 Å². The van der Waals surface area contributed by atoms with Gasteiger partial charge in [0, 0.05) is 12.8 Å². The van der Waals surface area contributed by atoms with E-state index < -0.39 is 6.10 Å². The molecular formula is C40H70O6. The van der Waals surface area contributed by atoms with Crippen LogP contribution >= 0.6 is 0 Å². The number of ether oxygens (including phenoxy) is 3. The van der Waals surface area contributed by atoms with Gasteiger partial charge in [0.15, 0.2) is 6.10 Å². The third-order valence-corrected chi connectivity index (χ3v) is 8.52. The minimum Gasteiger partial charge on any atom is -0.462 e. The molecule has 46 heavy (non-hydrogen) atoms. The summed E-state index contributed by atoms with van der Waals surface area (Å²) in [4.78, 5) is 24.2. The van der Waals surface area contributed by atoms with Crippen LogP contribution in [0.3, 0.4) is 0 Å². The second kappa shape index (κ2) is 30.4. The first-order valence-electron chi connectivity index (χ1n) is 19.0. The van der Waals surface area contributed by atoms with Crippen molar-refractivity contribution in [2.24, 2.45) is 5.92 Å². The zero-order chi connectivity index (χ0) is 33.5. The van der Waals surface area contributed by atoms with Crippen molar-refractivity contribution in [2.45, 2.75) is 187 Å². The number of hydrogen-bond donors (Lipinski definition) is 1. The molecule has 1 saturated heterocycles. The third-order valence-electron chi connectivity index (χ3n) is 8.52. The van der Waals surface area contributed by atoms with Gasteiger partial charge in [-0.3, -0.25) is 9.59 Å². The maximum Gasteiger partial charge on any atom is 0.306 e. The normalized spacial score (nSPS) is 17.1. The molecule has 0 spiro atoms. The number of rotatable bonds is 32. The van der Waals surface area contributed by atoms with E-state index in [0.29, 0.717) is 31.5 Å². The van der Waals surface area contributed by atoms with Gasteiger partial charge >= 0.3 is 11.9 Å². The molecule has 1 rings (SSSR count). The Labute approximate surface area is 282 Å². The molecule has 1 N–H and O–H groups in total. The smallest absolute Gasteiger partial charge is 0.306 e. The maximum atomic E-state index is 12.2. The molecule has 1 heterocycles. The van der Waals surface area contributed by atoms with E-state index in [0.717, 1.165) is 50.9 Å². The van der Waals surface area contributed by atoms with Crippen molar-refractivity contribution in [2.75, 3.05) is 13.2 Å². The average molecular weight is 647 g/mol. The van der Waals surface area contributed by atoms with Crippen molar-refractivity contribution in [3.63, 3.8) is 0 Å². The largest absolute Gasteiger partial charge is 0.462 e. The van der Waals surface area contributed by atoms with Crippen LogP contribution < -0.4 is 0 Å². The fraction of sp³-hybridized carbons (Fsp3) is 0.800. The molecule has 2 unspecified atom stereocenters. The highest BCUT2D eigenvalue weighted by Crippen LogP contribution is 2.29. The zero-order valence-electron chi connectivity index (χ0n) is 29.9. The van der Waals surface area contributed by atoms with Crippen LogP contribution in [-0.2, 0) is 23.8 Å². The molecule has 266 valence electrons. The lowest BCUT2D eigenvalue weighted by Gasteiger charge is -2.15. The van der Waals surface area contributed by atoms with E-state index in [2.05, 4.69) is 57.2 Å². The highest BCUT2D eigenvalue weighted by Gasteiger charge is 2.35. The summed E-state index contributed by atoms with van der Waals surface area (Å²) in [5.41, 5.74) is 0. The summed E-state index contributed by atoms with van der Waals surface area (Å²) in [6.45, 7) is 6.38. The first-order valence-corrected chi connectivity index (χ1v) is 19.0. The van der Waals surface area contributed by atoms with Gasteiger partial charge in [-0.25, -0.2) is 0 Å². The van der Waals surface area contributed by atoms with E-state index in [1.54, 1.807) is 0 Å². The molecule has 0 aromatic carbocycles. The topological polar surface area (TPSA) is 85.4 Å². The van der Waals surface area contributed by atoms with E-state index in [1.807, 2.05) is 0 Å². The van der Waals surface area contributed by atoms with E-state index in [4.69, 9.17) is 14.2 Å². The van der Waals surface area contributed by atoms with Gasteiger partial charge in [-0.2, -0.15) is 0 Å². The van der Waals surface area contributed by atoms with Crippen LogP contribution in [0.4, 0.5) is 0 Å². The summed E-state index contributed by atoms with van der Waals surface area (Å²) in [5.74, 6) is 0.164. The molecule has 0 aromatic rings. The van der Waals surface area contributed by atoms with Crippen molar-refractivity contribution >= 4 is 11.9 Å². The lowest BCUT2D eigenvalue weighted by molar-refractivity contribution is -0.161. The van der Waals surface area contributed by atoms with E-state index in [-0.39, 0.29) is 25.2 Å². The van der Waals surface area contributed by atoms with E-state index in [1.165, 1.54) is 83.5 Å². The number of hydrogen-bond acceptors (Lipinski definition) is 6. The predicted octanol–water partition coefficient (Wildman–Crippen LogP) is 10.5. The molecule has 6 heteroatoms. The Morgan fingerprint density at radius 2 is 1.22 bits per heavy atom. The molecule has 0 aliphatic carbocycles. The number of carbonyl (C=O) groups is 2. The number of allylic oxidation sites excluding steroid dienone is 4. The first kappa shape index (κ1) is 42.1. The minimum atomic E-state index is -0.796. The number of unbranched alkanes of at least 4 members (excludes halogenated alkanes) is 14. The van der Waals surface area contributed by atoms with Gasteiger partial charge in [0.2, 0.25) is 0 Å². The quantitative estimate of drug-likeness (QED) is 0.0339. The highest BCUT2D eigenvalue weighted by atomic mass is 16.6. The average Bonchev–Trinajstić information content (AvgIpc) is 3.79. The fourth-order valence-electron chi connectivity index (χ4n) is 5.48. The Kier molecular flexibility index (Phi) is 27.8. The zero-order valence-corrected chi connectivity index (χ0v) is 29.9. The summed E-state index contributed by atoms with van der Waals surface area (Å²) >= 11 is 0. The van der Waals surface area contributed by atoms with Crippen LogP contribution in [0.2, 0.25) is 0 Å². The van der Waals surface area contributed by atoms with Crippen LogP contribution in [0.15, 0.2) is 36.5 Å². The van der Waals surface area contributed by atoms with Crippen LogP contribution in [0.25, 0.3) is 0 Å². The van der Waals surface area contributed by atoms with Gasteiger partial charge in [-0.15, -0.1) is 0 Å². The van der Waals surface area contributed by atoms with Gasteiger partial charge in [-0.1, -0.05) is 141 Å². The maximum absolute atomic E-state index is 12.2. The Morgan fingerprint density at radius 1 is 0.674 bits per heavy atom. The van der Waals surface area contributed by atoms with Gasteiger partial charge in [0.05, 0.1) is 18.8 Å². The number of aliphatic hydroxyl groups is 1. The van der Waals surface area contributed by atoms with Crippen LogP contribution in [0.1, 0.15) is 168 Å². The van der Waals surface area contributed by atoms with Crippen LogP contribution in [-0.4, -0.2) is 48.6 Å². The Bertz CT molecular complexity index is 817. The molecule has 6 nitrogen and oxygen atoms in total. The molecular weight excluding hydrogens is 576 g/mol. The second-order valence-electron chi connectivity index (χ2n) is 13.5. The second-order valence-corrected chi connectivity index (χ2v) is 13.5. The molecule has 1 aliphatic rings. The number of esters is 2. The summed E-state index contributed by atoms with van der Waals surface area (Å²) in [7, 11) is 0. The fourth-order valence-corrected chi connectivity index (χ4v) is 5.48.